The molecule has 8 nitrogen and oxygen atoms in total. The van der Waals surface area contributed by atoms with E-state index in [9.17, 15) is 19.6 Å². The first kappa shape index (κ1) is 26.0. The molecule has 3 amide bonds. The Balaban J connectivity index is 3.34. The van der Waals surface area contributed by atoms with Gasteiger partial charge in [-0.1, -0.05) is 18.2 Å². The molecule has 2 N–H and O–H groups in total. The highest BCUT2D eigenvalue weighted by molar-refractivity contribution is 5.92. The molecule has 1 aromatic carbocycles. The van der Waals surface area contributed by atoms with Gasteiger partial charge < -0.3 is 20.3 Å². The fourth-order valence-corrected chi connectivity index (χ4v) is 3.05. The zero-order chi connectivity index (χ0) is 23.9. The van der Waals surface area contributed by atoms with Gasteiger partial charge in [-0.3, -0.25) is 9.59 Å². The number of carbonyl (C=O) groups is 3. The second-order valence-corrected chi connectivity index (χ2v) is 8.85. The van der Waals surface area contributed by atoms with Crippen LogP contribution in [0.4, 0.5) is 4.79 Å². The van der Waals surface area contributed by atoms with Gasteiger partial charge in [0.05, 0.1) is 6.07 Å². The van der Waals surface area contributed by atoms with Gasteiger partial charge in [0.15, 0.2) is 0 Å². The molecule has 0 spiro atoms. The highest BCUT2D eigenvalue weighted by Crippen LogP contribution is 2.27. The molecule has 0 bridgehead atoms. The summed E-state index contributed by atoms with van der Waals surface area (Å²) in [7, 11) is 0. The lowest BCUT2D eigenvalue weighted by Crippen LogP contribution is -2.52. The first-order chi connectivity index (χ1) is 14.3. The van der Waals surface area contributed by atoms with E-state index in [0.717, 1.165) is 11.1 Å². The van der Waals surface area contributed by atoms with Crippen molar-refractivity contribution in [1.82, 2.24) is 15.5 Å². The molecule has 0 aliphatic rings. The second-order valence-electron chi connectivity index (χ2n) is 8.85. The Labute approximate surface area is 184 Å². The van der Waals surface area contributed by atoms with Gasteiger partial charge in [0.2, 0.25) is 11.8 Å². The van der Waals surface area contributed by atoms with Gasteiger partial charge >= 0.3 is 6.09 Å². The molecule has 0 saturated heterocycles. The molecule has 0 aliphatic heterocycles. The molecule has 1 rings (SSSR count). The average Bonchev–Trinajstić information content (AvgIpc) is 2.61. The lowest BCUT2D eigenvalue weighted by molar-refractivity contribution is -0.141. The molecule has 0 radical (unpaired) electrons. The number of aryl methyl sites for hydroxylation is 1. The van der Waals surface area contributed by atoms with Crippen molar-refractivity contribution in [3.8, 4) is 6.07 Å². The summed E-state index contributed by atoms with van der Waals surface area (Å²) < 4.78 is 5.21. The molecule has 0 aromatic heterocycles. The topological polar surface area (TPSA) is 112 Å². The maximum absolute atomic E-state index is 13.3. The summed E-state index contributed by atoms with van der Waals surface area (Å²) in [4.78, 5) is 39.7. The minimum atomic E-state index is -1.02. The Hall–Kier alpha value is -3.08. The summed E-state index contributed by atoms with van der Waals surface area (Å²) in [5.41, 5.74) is 1.72. The van der Waals surface area contributed by atoms with Crippen LogP contribution in [0.1, 0.15) is 64.3 Å². The number of nitrogens with one attached hydrogen (secondary N) is 2. The number of benzene rings is 1. The van der Waals surface area contributed by atoms with Crippen LogP contribution in [-0.4, -0.2) is 47.0 Å². The minimum Gasteiger partial charge on any atom is -0.444 e. The van der Waals surface area contributed by atoms with E-state index >= 15 is 0 Å². The van der Waals surface area contributed by atoms with Crippen LogP contribution in [0.2, 0.25) is 0 Å². The lowest BCUT2D eigenvalue weighted by atomic mass is 9.95. The van der Waals surface area contributed by atoms with Crippen molar-refractivity contribution in [2.45, 2.75) is 79.1 Å². The van der Waals surface area contributed by atoms with E-state index < -0.39 is 35.6 Å². The van der Waals surface area contributed by atoms with Crippen LogP contribution in [0.3, 0.4) is 0 Å². The number of carbonyl (C=O) groups excluding carboxylic acids is 3. The van der Waals surface area contributed by atoms with Gasteiger partial charge in [0.1, 0.15) is 24.2 Å². The van der Waals surface area contributed by atoms with E-state index in [1.54, 1.807) is 26.8 Å². The first-order valence-electron chi connectivity index (χ1n) is 10.3. The third kappa shape index (κ3) is 7.59. The predicted molar refractivity (Wildman–Crippen MR) is 118 cm³/mol. The third-order valence-electron chi connectivity index (χ3n) is 4.56. The third-order valence-corrected chi connectivity index (χ3v) is 4.56. The smallest absolute Gasteiger partial charge is 0.408 e. The van der Waals surface area contributed by atoms with E-state index in [1.165, 1.54) is 11.8 Å². The monoisotopic (exact) mass is 430 g/mol. The molecule has 0 fully saturated rings. The van der Waals surface area contributed by atoms with E-state index in [0.29, 0.717) is 5.56 Å². The van der Waals surface area contributed by atoms with Gasteiger partial charge in [-0.25, -0.2) is 4.79 Å². The number of ether oxygens (including phenoxy) is 1. The van der Waals surface area contributed by atoms with Crippen LogP contribution in [0.5, 0.6) is 0 Å². The van der Waals surface area contributed by atoms with Crippen molar-refractivity contribution in [3.05, 3.63) is 34.9 Å². The number of nitrogens with zero attached hydrogens (tertiary/aromatic N) is 2. The van der Waals surface area contributed by atoms with Crippen molar-refractivity contribution in [2.24, 2.45) is 0 Å². The van der Waals surface area contributed by atoms with Gasteiger partial charge in [-0.2, -0.15) is 5.26 Å². The molecule has 0 saturated carbocycles. The Kier molecular flexibility index (Phi) is 9.04. The maximum atomic E-state index is 13.3. The largest absolute Gasteiger partial charge is 0.444 e. The van der Waals surface area contributed by atoms with E-state index in [-0.39, 0.29) is 12.6 Å². The van der Waals surface area contributed by atoms with Gasteiger partial charge in [0, 0.05) is 6.04 Å². The average molecular weight is 431 g/mol. The molecule has 0 heterocycles. The summed E-state index contributed by atoms with van der Waals surface area (Å²) >= 11 is 0. The fourth-order valence-electron chi connectivity index (χ4n) is 3.05. The Bertz CT molecular complexity index is 852. The molecular formula is C23H34N4O4. The minimum absolute atomic E-state index is 0.156. The predicted octanol–water partition coefficient (Wildman–Crippen LogP) is 3.13. The first-order valence-corrected chi connectivity index (χ1v) is 10.3. The van der Waals surface area contributed by atoms with Crippen molar-refractivity contribution in [3.63, 3.8) is 0 Å². The van der Waals surface area contributed by atoms with Crippen LogP contribution in [0.15, 0.2) is 18.2 Å². The normalized spacial score (nSPS) is 13.0. The number of hydrogen-bond donors (Lipinski definition) is 2. The Morgan fingerprint density at radius 1 is 1.13 bits per heavy atom. The highest BCUT2D eigenvalue weighted by atomic mass is 16.6. The number of hydrogen-bond acceptors (Lipinski definition) is 5. The number of rotatable bonds is 7. The van der Waals surface area contributed by atoms with Crippen molar-refractivity contribution < 1.29 is 19.1 Å². The van der Waals surface area contributed by atoms with E-state index in [4.69, 9.17) is 4.74 Å². The summed E-state index contributed by atoms with van der Waals surface area (Å²) in [6.07, 6.45) is -0.750. The zero-order valence-electron chi connectivity index (χ0n) is 19.7. The fraction of sp³-hybridized carbons (Fsp3) is 0.565. The summed E-state index contributed by atoms with van der Waals surface area (Å²) in [6.45, 7) is 13.8. The summed E-state index contributed by atoms with van der Waals surface area (Å²) in [6, 6.07) is 5.30. The number of alkyl carbamates (subject to hydrolysis) is 1. The molecule has 1 aromatic rings. The molecule has 8 heteroatoms. The van der Waals surface area contributed by atoms with Gasteiger partial charge in [-0.05, 0) is 72.1 Å². The summed E-state index contributed by atoms with van der Waals surface area (Å²) in [5, 5.41) is 14.7. The van der Waals surface area contributed by atoms with E-state index in [1.807, 2.05) is 45.9 Å². The van der Waals surface area contributed by atoms with Crippen LogP contribution in [0, 0.1) is 25.2 Å². The van der Waals surface area contributed by atoms with Gasteiger partial charge in [0.25, 0.3) is 0 Å². The van der Waals surface area contributed by atoms with Crippen LogP contribution in [0.25, 0.3) is 0 Å². The molecular weight excluding hydrogens is 396 g/mol. The molecule has 0 aliphatic carbocycles. The van der Waals surface area contributed by atoms with Crippen molar-refractivity contribution in [2.75, 3.05) is 6.54 Å². The Morgan fingerprint density at radius 2 is 1.74 bits per heavy atom. The zero-order valence-corrected chi connectivity index (χ0v) is 19.7. The van der Waals surface area contributed by atoms with E-state index in [2.05, 4.69) is 10.6 Å². The second kappa shape index (κ2) is 10.8. The molecule has 2 atom stereocenters. The number of amides is 3. The summed E-state index contributed by atoms with van der Waals surface area (Å²) in [5.74, 6) is -0.950. The highest BCUT2D eigenvalue weighted by Gasteiger charge is 2.35. The van der Waals surface area contributed by atoms with Crippen molar-refractivity contribution >= 4 is 17.9 Å². The van der Waals surface area contributed by atoms with Crippen molar-refractivity contribution in [1.29, 1.82) is 5.26 Å². The maximum Gasteiger partial charge on any atom is 0.408 e. The number of nitriles is 1. The van der Waals surface area contributed by atoms with Gasteiger partial charge in [-0.15, -0.1) is 0 Å². The lowest BCUT2D eigenvalue weighted by Gasteiger charge is -2.33. The quantitative estimate of drug-likeness (QED) is 0.646. The molecule has 170 valence electrons. The SMILES string of the molecule is Cc1cccc(C(C(=O)NC(C)C)N(CC#N)C(=O)C(C)NC(=O)OC(C)(C)C)c1C. The standard InChI is InChI=1S/C23H34N4O4/c1-14(2)25-20(28)19(18-11-9-10-15(3)16(18)4)27(13-12-24)21(29)17(5)26-22(30)31-23(6,7)8/h9-11,14,17,19H,13H2,1-8H3,(H,25,28)(H,26,30). The Morgan fingerprint density at radius 3 is 2.26 bits per heavy atom. The van der Waals surface area contributed by atoms with Crippen LogP contribution < -0.4 is 10.6 Å². The molecule has 31 heavy (non-hydrogen) atoms. The van der Waals surface area contributed by atoms with Crippen LogP contribution >= 0.6 is 0 Å². The molecule has 2 unspecified atom stereocenters. The van der Waals surface area contributed by atoms with Crippen LogP contribution in [-0.2, 0) is 14.3 Å².